The first-order valence-electron chi connectivity index (χ1n) is 8.62. The zero-order valence-corrected chi connectivity index (χ0v) is 17.4. The molecule has 0 aromatic heterocycles. The fraction of sp³-hybridized carbons (Fsp3) is 0.400. The molecule has 0 spiro atoms. The maximum Gasteiger partial charge on any atom is 0.203 e. The van der Waals surface area contributed by atoms with E-state index in [0.717, 1.165) is 38.3 Å². The SMILES string of the molecule is COc1ccc(CN2CCN(Cc3ccccc3)CC2)c(O)c1OC.Cl.Cl. The molecule has 150 valence electrons. The largest absolute Gasteiger partial charge is 0.504 e. The molecule has 3 rings (SSSR count). The van der Waals surface area contributed by atoms with Gasteiger partial charge in [0.1, 0.15) is 0 Å². The highest BCUT2D eigenvalue weighted by Gasteiger charge is 2.20. The van der Waals surface area contributed by atoms with Crippen molar-refractivity contribution in [2.45, 2.75) is 13.1 Å². The van der Waals surface area contributed by atoms with E-state index in [1.54, 1.807) is 14.2 Å². The van der Waals surface area contributed by atoms with E-state index in [4.69, 9.17) is 9.47 Å². The maximum atomic E-state index is 10.4. The third-order valence-corrected chi connectivity index (χ3v) is 4.71. The van der Waals surface area contributed by atoms with Crippen LogP contribution in [0.1, 0.15) is 11.1 Å². The zero-order chi connectivity index (χ0) is 17.6. The average molecular weight is 415 g/mol. The Labute approximate surface area is 173 Å². The van der Waals surface area contributed by atoms with E-state index in [2.05, 4.69) is 40.1 Å². The first-order chi connectivity index (χ1) is 12.2. The molecule has 1 aliphatic heterocycles. The van der Waals surface area contributed by atoms with Gasteiger partial charge in [0, 0.05) is 44.8 Å². The summed E-state index contributed by atoms with van der Waals surface area (Å²) >= 11 is 0. The minimum absolute atomic E-state index is 0. The van der Waals surface area contributed by atoms with Gasteiger partial charge in [-0.15, -0.1) is 24.8 Å². The van der Waals surface area contributed by atoms with Crippen LogP contribution in [0.4, 0.5) is 0 Å². The van der Waals surface area contributed by atoms with Gasteiger partial charge in [-0.3, -0.25) is 9.80 Å². The monoisotopic (exact) mass is 414 g/mol. The highest BCUT2D eigenvalue weighted by Crippen LogP contribution is 2.39. The summed E-state index contributed by atoms with van der Waals surface area (Å²) in [5, 5.41) is 10.4. The Hall–Kier alpha value is -1.66. The van der Waals surface area contributed by atoms with E-state index in [1.807, 2.05) is 12.1 Å². The molecule has 0 amide bonds. The van der Waals surface area contributed by atoms with Crippen LogP contribution >= 0.6 is 24.8 Å². The van der Waals surface area contributed by atoms with E-state index in [9.17, 15) is 5.11 Å². The number of hydrogen-bond donors (Lipinski definition) is 1. The summed E-state index contributed by atoms with van der Waals surface area (Å²) in [6.45, 7) is 5.74. The van der Waals surface area contributed by atoms with Gasteiger partial charge in [-0.25, -0.2) is 0 Å². The third-order valence-electron chi connectivity index (χ3n) is 4.71. The van der Waals surface area contributed by atoms with E-state index in [1.165, 1.54) is 5.56 Å². The molecule has 1 N–H and O–H groups in total. The number of nitrogens with zero attached hydrogens (tertiary/aromatic N) is 2. The molecule has 2 aromatic rings. The van der Waals surface area contributed by atoms with Gasteiger partial charge in [0.05, 0.1) is 14.2 Å². The highest BCUT2D eigenvalue weighted by atomic mass is 35.5. The van der Waals surface area contributed by atoms with Crippen molar-refractivity contribution >= 4 is 24.8 Å². The summed E-state index contributed by atoms with van der Waals surface area (Å²) in [6.07, 6.45) is 0. The summed E-state index contributed by atoms with van der Waals surface area (Å²) < 4.78 is 10.5. The summed E-state index contributed by atoms with van der Waals surface area (Å²) in [7, 11) is 3.12. The van der Waals surface area contributed by atoms with Crippen molar-refractivity contribution in [1.82, 2.24) is 9.80 Å². The minimum Gasteiger partial charge on any atom is -0.504 e. The van der Waals surface area contributed by atoms with Crippen LogP contribution in [0.15, 0.2) is 42.5 Å². The topological polar surface area (TPSA) is 45.2 Å². The summed E-state index contributed by atoms with van der Waals surface area (Å²) in [4.78, 5) is 4.84. The lowest BCUT2D eigenvalue weighted by atomic mass is 10.1. The molecule has 0 radical (unpaired) electrons. The van der Waals surface area contributed by atoms with Crippen LogP contribution < -0.4 is 9.47 Å². The Morgan fingerprint density at radius 2 is 1.41 bits per heavy atom. The van der Waals surface area contributed by atoms with Gasteiger partial charge in [0.2, 0.25) is 5.75 Å². The number of hydrogen-bond acceptors (Lipinski definition) is 5. The summed E-state index contributed by atoms with van der Waals surface area (Å²) in [6, 6.07) is 14.3. The van der Waals surface area contributed by atoms with E-state index >= 15 is 0 Å². The van der Waals surface area contributed by atoms with Crippen molar-refractivity contribution in [2.75, 3.05) is 40.4 Å². The lowest BCUT2D eigenvalue weighted by molar-refractivity contribution is 0.121. The number of methoxy groups -OCH3 is 2. The number of rotatable bonds is 6. The van der Waals surface area contributed by atoms with Crippen molar-refractivity contribution in [2.24, 2.45) is 0 Å². The van der Waals surface area contributed by atoms with Gasteiger partial charge in [0.15, 0.2) is 11.5 Å². The Morgan fingerprint density at radius 1 is 0.815 bits per heavy atom. The third kappa shape index (κ3) is 5.91. The van der Waals surface area contributed by atoms with Crippen molar-refractivity contribution < 1.29 is 14.6 Å². The molecule has 0 unspecified atom stereocenters. The molecule has 0 atom stereocenters. The molecule has 7 heteroatoms. The number of aromatic hydroxyl groups is 1. The van der Waals surface area contributed by atoms with Crippen molar-refractivity contribution in [1.29, 1.82) is 0 Å². The summed E-state index contributed by atoms with van der Waals surface area (Å²) in [5.41, 5.74) is 2.22. The molecular formula is C20H28Cl2N2O3. The van der Waals surface area contributed by atoms with E-state index < -0.39 is 0 Å². The smallest absolute Gasteiger partial charge is 0.203 e. The van der Waals surface area contributed by atoms with Crippen LogP contribution in [0.5, 0.6) is 17.2 Å². The van der Waals surface area contributed by atoms with Crippen LogP contribution in [0, 0.1) is 0 Å². The number of ether oxygens (including phenoxy) is 2. The number of phenols is 1. The maximum absolute atomic E-state index is 10.4. The molecule has 1 fully saturated rings. The number of phenolic OH excluding ortho intramolecular Hbond substituents is 1. The zero-order valence-electron chi connectivity index (χ0n) is 15.8. The van der Waals surface area contributed by atoms with E-state index in [0.29, 0.717) is 18.0 Å². The molecule has 2 aromatic carbocycles. The van der Waals surface area contributed by atoms with Crippen LogP contribution in [-0.4, -0.2) is 55.3 Å². The van der Waals surface area contributed by atoms with Gasteiger partial charge in [-0.2, -0.15) is 0 Å². The Kier molecular flexibility index (Phi) is 9.74. The van der Waals surface area contributed by atoms with Gasteiger partial charge in [-0.05, 0) is 11.6 Å². The molecule has 1 heterocycles. The molecule has 1 aliphatic rings. The minimum atomic E-state index is 0. The van der Waals surface area contributed by atoms with Gasteiger partial charge >= 0.3 is 0 Å². The molecule has 27 heavy (non-hydrogen) atoms. The molecular weight excluding hydrogens is 387 g/mol. The van der Waals surface area contributed by atoms with Crippen LogP contribution in [0.25, 0.3) is 0 Å². The molecule has 0 bridgehead atoms. The fourth-order valence-corrected chi connectivity index (χ4v) is 3.27. The first kappa shape index (κ1) is 23.4. The second kappa shape index (κ2) is 11.2. The number of piperazine rings is 1. The summed E-state index contributed by atoms with van der Waals surface area (Å²) in [5.74, 6) is 1.13. The number of benzene rings is 2. The fourth-order valence-electron chi connectivity index (χ4n) is 3.27. The first-order valence-corrected chi connectivity index (χ1v) is 8.62. The molecule has 0 saturated carbocycles. The Bertz CT molecular complexity index is 693. The molecule has 5 nitrogen and oxygen atoms in total. The van der Waals surface area contributed by atoms with Crippen LogP contribution in [-0.2, 0) is 13.1 Å². The highest BCUT2D eigenvalue weighted by molar-refractivity contribution is 5.85. The quantitative estimate of drug-likeness (QED) is 0.782. The normalized spacial score (nSPS) is 14.7. The predicted molar refractivity (Wildman–Crippen MR) is 113 cm³/mol. The Morgan fingerprint density at radius 3 is 1.96 bits per heavy atom. The molecule has 0 aliphatic carbocycles. The lowest BCUT2D eigenvalue weighted by Gasteiger charge is -2.35. The van der Waals surface area contributed by atoms with Gasteiger partial charge < -0.3 is 14.6 Å². The predicted octanol–water partition coefficient (Wildman–Crippen LogP) is 3.57. The van der Waals surface area contributed by atoms with Crippen molar-refractivity contribution in [3.63, 3.8) is 0 Å². The molecule has 1 saturated heterocycles. The Balaban J connectivity index is 0.00000182. The average Bonchev–Trinajstić information content (AvgIpc) is 2.65. The second-order valence-electron chi connectivity index (χ2n) is 6.35. The van der Waals surface area contributed by atoms with E-state index in [-0.39, 0.29) is 30.6 Å². The van der Waals surface area contributed by atoms with Crippen molar-refractivity contribution in [3.05, 3.63) is 53.6 Å². The number of halogens is 2. The van der Waals surface area contributed by atoms with Crippen LogP contribution in [0.2, 0.25) is 0 Å². The van der Waals surface area contributed by atoms with Gasteiger partial charge in [-0.1, -0.05) is 36.4 Å². The lowest BCUT2D eigenvalue weighted by Crippen LogP contribution is -2.45. The van der Waals surface area contributed by atoms with Crippen LogP contribution in [0.3, 0.4) is 0 Å². The van der Waals surface area contributed by atoms with Gasteiger partial charge in [0.25, 0.3) is 0 Å². The van der Waals surface area contributed by atoms with Crippen molar-refractivity contribution in [3.8, 4) is 17.2 Å². The second-order valence-corrected chi connectivity index (χ2v) is 6.35. The standard InChI is InChI=1S/C20H26N2O3.2ClH/c1-24-18-9-8-17(19(23)20(18)25-2)15-22-12-10-21(11-13-22)14-16-6-4-3-5-7-16;;/h3-9,23H,10-15H2,1-2H3;2*1H.